The van der Waals surface area contributed by atoms with Gasteiger partial charge in [-0.25, -0.2) is 9.59 Å². The molecule has 0 spiro atoms. The Balaban J connectivity index is 0.000000226. The smallest absolute Gasteiger partial charge is 0.338 e. The topological polar surface area (TPSA) is 83.8 Å². The molecule has 0 fully saturated rings. The SMILES string of the molecule is CCCC(O)O.O=C1C=CC(=O)O1. The third-order valence-electron chi connectivity index (χ3n) is 1.10. The molecule has 1 rings (SSSR count). The quantitative estimate of drug-likeness (QED) is 0.354. The Labute approximate surface area is 75.6 Å². The van der Waals surface area contributed by atoms with E-state index in [1.807, 2.05) is 6.92 Å². The normalized spacial score (nSPS) is 14.2. The predicted molar refractivity (Wildman–Crippen MR) is 43.4 cm³/mol. The fourth-order valence-corrected chi connectivity index (χ4v) is 0.561. The van der Waals surface area contributed by atoms with Gasteiger partial charge in [0, 0.05) is 12.2 Å². The maximum Gasteiger partial charge on any atom is 0.338 e. The van der Waals surface area contributed by atoms with Crippen molar-refractivity contribution in [2.75, 3.05) is 0 Å². The largest absolute Gasteiger partial charge is 0.387 e. The predicted octanol–water partition coefficient (Wildman–Crippen LogP) is -0.277. The van der Waals surface area contributed by atoms with Crippen molar-refractivity contribution in [1.29, 1.82) is 0 Å². The molecule has 1 aliphatic heterocycles. The summed E-state index contributed by atoms with van der Waals surface area (Å²) in [4.78, 5) is 19.8. The highest BCUT2D eigenvalue weighted by Gasteiger charge is 2.10. The van der Waals surface area contributed by atoms with E-state index in [1.54, 1.807) is 0 Å². The fourth-order valence-electron chi connectivity index (χ4n) is 0.561. The summed E-state index contributed by atoms with van der Waals surface area (Å²) in [7, 11) is 0. The van der Waals surface area contributed by atoms with E-state index >= 15 is 0 Å². The minimum atomic E-state index is -1.10. The second-order valence-corrected chi connectivity index (χ2v) is 2.34. The van der Waals surface area contributed by atoms with Gasteiger partial charge in [-0.2, -0.15) is 0 Å². The molecule has 5 heteroatoms. The second-order valence-electron chi connectivity index (χ2n) is 2.34. The minimum absolute atomic E-state index is 0.486. The molecule has 0 amide bonds. The van der Waals surface area contributed by atoms with Crippen LogP contribution in [0.25, 0.3) is 0 Å². The van der Waals surface area contributed by atoms with Crippen LogP contribution in [-0.4, -0.2) is 28.4 Å². The zero-order valence-corrected chi connectivity index (χ0v) is 7.27. The van der Waals surface area contributed by atoms with E-state index in [1.165, 1.54) is 0 Å². The van der Waals surface area contributed by atoms with E-state index in [0.29, 0.717) is 6.42 Å². The van der Waals surface area contributed by atoms with Gasteiger partial charge in [0.15, 0.2) is 6.29 Å². The molecule has 0 saturated carbocycles. The van der Waals surface area contributed by atoms with Gasteiger partial charge in [-0.05, 0) is 6.42 Å². The number of cyclic esters (lactones) is 2. The first-order chi connectivity index (χ1) is 6.06. The van der Waals surface area contributed by atoms with E-state index in [0.717, 1.165) is 18.6 Å². The van der Waals surface area contributed by atoms with Crippen LogP contribution in [0, 0.1) is 0 Å². The maximum atomic E-state index is 9.92. The van der Waals surface area contributed by atoms with E-state index < -0.39 is 18.2 Å². The van der Waals surface area contributed by atoms with Crippen LogP contribution in [0.1, 0.15) is 19.8 Å². The van der Waals surface area contributed by atoms with Crippen molar-refractivity contribution < 1.29 is 24.5 Å². The first-order valence-electron chi connectivity index (χ1n) is 3.86. The molecule has 1 heterocycles. The number of hydrogen-bond donors (Lipinski definition) is 2. The molecular weight excluding hydrogens is 176 g/mol. The molecule has 0 unspecified atom stereocenters. The van der Waals surface area contributed by atoms with Crippen LogP contribution in [0.15, 0.2) is 12.2 Å². The standard InChI is InChI=1S/C4H2O3.C4H10O2/c5-3-1-2-4(6)7-3;1-2-3-4(5)6/h1-2H;4-6H,2-3H2,1H3. The van der Waals surface area contributed by atoms with E-state index in [9.17, 15) is 9.59 Å². The number of aliphatic hydroxyl groups excluding tert-OH is 1. The van der Waals surface area contributed by atoms with Crippen LogP contribution in [0.4, 0.5) is 0 Å². The van der Waals surface area contributed by atoms with Gasteiger partial charge in [0.2, 0.25) is 0 Å². The Bertz CT molecular complexity index is 191. The summed E-state index contributed by atoms with van der Waals surface area (Å²) in [6, 6.07) is 0. The first kappa shape index (κ1) is 11.8. The number of ether oxygens (including phenoxy) is 1. The molecule has 0 radical (unpaired) electrons. The molecule has 0 aromatic rings. The van der Waals surface area contributed by atoms with Crippen molar-refractivity contribution in [3.05, 3.63) is 12.2 Å². The van der Waals surface area contributed by atoms with Gasteiger partial charge in [-0.15, -0.1) is 0 Å². The van der Waals surface area contributed by atoms with Gasteiger partial charge in [-0.1, -0.05) is 13.3 Å². The number of esters is 2. The lowest BCUT2D eigenvalue weighted by Gasteiger charge is -1.94. The molecule has 0 aliphatic carbocycles. The Hall–Kier alpha value is -1.20. The second kappa shape index (κ2) is 6.33. The summed E-state index contributed by atoms with van der Waals surface area (Å²) in [5, 5.41) is 16.2. The molecule has 5 nitrogen and oxygen atoms in total. The lowest BCUT2D eigenvalue weighted by atomic mass is 10.3. The zero-order valence-electron chi connectivity index (χ0n) is 7.27. The van der Waals surface area contributed by atoms with Crippen molar-refractivity contribution in [3.63, 3.8) is 0 Å². The highest BCUT2D eigenvalue weighted by molar-refractivity contribution is 6.04. The highest BCUT2D eigenvalue weighted by Crippen LogP contribution is 1.92. The molecule has 0 aromatic carbocycles. The maximum absolute atomic E-state index is 9.92. The van der Waals surface area contributed by atoms with E-state index in [-0.39, 0.29) is 0 Å². The lowest BCUT2D eigenvalue weighted by Crippen LogP contribution is -2.01. The number of hydrogen-bond acceptors (Lipinski definition) is 5. The van der Waals surface area contributed by atoms with Crippen LogP contribution >= 0.6 is 0 Å². The lowest BCUT2D eigenvalue weighted by molar-refractivity contribution is -0.150. The Kier molecular flexibility index (Phi) is 5.75. The Morgan fingerprint density at radius 3 is 1.85 bits per heavy atom. The zero-order chi connectivity index (χ0) is 10.3. The molecule has 0 bridgehead atoms. The van der Waals surface area contributed by atoms with Crippen molar-refractivity contribution >= 4 is 11.9 Å². The van der Waals surface area contributed by atoms with Gasteiger partial charge in [0.05, 0.1) is 0 Å². The monoisotopic (exact) mass is 188 g/mol. The third-order valence-corrected chi connectivity index (χ3v) is 1.10. The van der Waals surface area contributed by atoms with Gasteiger partial charge >= 0.3 is 11.9 Å². The summed E-state index contributed by atoms with van der Waals surface area (Å²) >= 11 is 0. The summed E-state index contributed by atoms with van der Waals surface area (Å²) in [5.74, 6) is -1.16. The molecule has 0 aromatic heterocycles. The van der Waals surface area contributed by atoms with Crippen LogP contribution in [0.5, 0.6) is 0 Å². The van der Waals surface area contributed by atoms with Crippen LogP contribution in [0.2, 0.25) is 0 Å². The first-order valence-corrected chi connectivity index (χ1v) is 3.86. The fraction of sp³-hybridized carbons (Fsp3) is 0.500. The van der Waals surface area contributed by atoms with Crippen molar-refractivity contribution in [2.24, 2.45) is 0 Å². The summed E-state index contributed by atoms with van der Waals surface area (Å²) in [5.41, 5.74) is 0. The Morgan fingerprint density at radius 2 is 1.77 bits per heavy atom. The Morgan fingerprint density at radius 1 is 1.31 bits per heavy atom. The van der Waals surface area contributed by atoms with E-state index in [4.69, 9.17) is 10.2 Å². The number of rotatable bonds is 2. The van der Waals surface area contributed by atoms with Gasteiger partial charge in [-0.3, -0.25) is 0 Å². The number of aliphatic hydroxyl groups is 2. The minimum Gasteiger partial charge on any atom is -0.387 e. The van der Waals surface area contributed by atoms with E-state index in [2.05, 4.69) is 4.74 Å². The third kappa shape index (κ3) is 7.17. The van der Waals surface area contributed by atoms with Crippen LogP contribution in [-0.2, 0) is 14.3 Å². The average molecular weight is 188 g/mol. The van der Waals surface area contributed by atoms with Gasteiger partial charge in [0.1, 0.15) is 0 Å². The molecule has 0 saturated heterocycles. The average Bonchev–Trinajstić information content (AvgIpc) is 2.35. The van der Waals surface area contributed by atoms with Gasteiger partial charge in [0.25, 0.3) is 0 Å². The highest BCUT2D eigenvalue weighted by atomic mass is 16.6. The molecular formula is C8H12O5. The van der Waals surface area contributed by atoms with Crippen LogP contribution < -0.4 is 0 Å². The molecule has 74 valence electrons. The van der Waals surface area contributed by atoms with Crippen molar-refractivity contribution in [1.82, 2.24) is 0 Å². The molecule has 0 atom stereocenters. The number of carbonyl (C=O) groups excluding carboxylic acids is 2. The molecule has 2 N–H and O–H groups in total. The van der Waals surface area contributed by atoms with Crippen molar-refractivity contribution in [2.45, 2.75) is 26.1 Å². The summed E-state index contributed by atoms with van der Waals surface area (Å²) in [6.07, 6.45) is 2.39. The summed E-state index contributed by atoms with van der Waals surface area (Å²) in [6.45, 7) is 1.90. The number of carbonyl (C=O) groups is 2. The molecule has 1 aliphatic rings. The van der Waals surface area contributed by atoms with Gasteiger partial charge < -0.3 is 14.9 Å². The molecule has 13 heavy (non-hydrogen) atoms. The van der Waals surface area contributed by atoms with Crippen LogP contribution in [0.3, 0.4) is 0 Å². The summed E-state index contributed by atoms with van der Waals surface area (Å²) < 4.78 is 3.97. The van der Waals surface area contributed by atoms with Crippen molar-refractivity contribution in [3.8, 4) is 0 Å².